The van der Waals surface area contributed by atoms with Gasteiger partial charge in [0.2, 0.25) is 0 Å². The summed E-state index contributed by atoms with van der Waals surface area (Å²) in [6.45, 7) is 8.14. The van der Waals surface area contributed by atoms with Gasteiger partial charge >= 0.3 is 5.97 Å². The Morgan fingerprint density at radius 2 is 1.94 bits per heavy atom. The minimum atomic E-state index is -0.540. The van der Waals surface area contributed by atoms with Crippen LogP contribution >= 0.6 is 0 Å². The Morgan fingerprint density at radius 3 is 2.44 bits per heavy atom. The molecule has 0 amide bonds. The van der Waals surface area contributed by atoms with Gasteiger partial charge in [-0.3, -0.25) is 4.79 Å². The lowest BCUT2D eigenvalue weighted by atomic mass is 9.94. The molecular weight excluding hydrogens is 228 g/mol. The second kappa shape index (κ2) is 9.34. The van der Waals surface area contributed by atoms with Crippen LogP contribution in [0.3, 0.4) is 0 Å². The molecule has 0 saturated carbocycles. The monoisotopic (exact) mass is 258 g/mol. The molecule has 0 aromatic heterocycles. The van der Waals surface area contributed by atoms with E-state index in [9.17, 15) is 4.79 Å². The number of carbonyl (C=O) groups is 1. The highest BCUT2D eigenvalue weighted by Gasteiger charge is 2.33. The number of hydrogen-bond donors (Lipinski definition) is 1. The summed E-state index contributed by atoms with van der Waals surface area (Å²) in [5, 5.41) is 3.35. The van der Waals surface area contributed by atoms with Gasteiger partial charge in [-0.15, -0.1) is 0 Å². The summed E-state index contributed by atoms with van der Waals surface area (Å²) in [6, 6.07) is 0. The van der Waals surface area contributed by atoms with Crippen LogP contribution < -0.4 is 5.32 Å². The van der Waals surface area contributed by atoms with Gasteiger partial charge in [-0.25, -0.2) is 0 Å². The van der Waals surface area contributed by atoms with Gasteiger partial charge in [0.25, 0.3) is 0 Å². The fraction of sp³-hybridized carbons (Fsp3) is 0.929. The molecule has 0 aromatic carbocycles. The first kappa shape index (κ1) is 17.4. The average molecular weight is 258 g/mol. The Bertz CT molecular complexity index is 232. The van der Waals surface area contributed by atoms with Gasteiger partial charge in [0.1, 0.15) is 5.54 Å². The highest BCUT2D eigenvalue weighted by atomic mass is 16.5. The average Bonchev–Trinajstić information content (AvgIpc) is 2.29. The number of likely N-dealkylation sites (N-methyl/N-ethyl adjacent to an activating group) is 1. The van der Waals surface area contributed by atoms with Crippen molar-refractivity contribution in [2.75, 3.05) is 33.8 Å². The van der Waals surface area contributed by atoms with Crippen molar-refractivity contribution in [3.05, 3.63) is 0 Å². The van der Waals surface area contributed by atoms with Gasteiger partial charge in [0.15, 0.2) is 0 Å². The molecule has 1 atom stereocenters. The quantitative estimate of drug-likeness (QED) is 0.481. The Kier molecular flexibility index (Phi) is 9.02. The van der Waals surface area contributed by atoms with Gasteiger partial charge in [-0.05, 0) is 34.4 Å². The van der Waals surface area contributed by atoms with E-state index in [1.54, 1.807) is 0 Å². The van der Waals surface area contributed by atoms with E-state index in [2.05, 4.69) is 17.1 Å². The predicted octanol–water partition coefficient (Wildman–Crippen LogP) is 2.04. The van der Waals surface area contributed by atoms with Gasteiger partial charge in [-0.2, -0.15) is 0 Å². The number of hydrogen-bond acceptors (Lipinski definition) is 4. The van der Waals surface area contributed by atoms with Crippen LogP contribution in [-0.4, -0.2) is 50.2 Å². The molecule has 0 aliphatic carbocycles. The van der Waals surface area contributed by atoms with Gasteiger partial charge in [-0.1, -0.05) is 26.2 Å². The van der Waals surface area contributed by atoms with E-state index in [1.807, 2.05) is 27.9 Å². The molecule has 4 nitrogen and oxygen atoms in total. The van der Waals surface area contributed by atoms with E-state index in [1.165, 1.54) is 0 Å². The zero-order valence-electron chi connectivity index (χ0n) is 12.7. The first-order valence-electron chi connectivity index (χ1n) is 7.03. The highest BCUT2D eigenvalue weighted by Crippen LogP contribution is 2.16. The maximum Gasteiger partial charge on any atom is 0.326 e. The molecule has 0 radical (unpaired) electrons. The molecule has 108 valence electrons. The van der Waals surface area contributed by atoms with E-state index in [0.29, 0.717) is 6.61 Å². The topological polar surface area (TPSA) is 41.6 Å². The van der Waals surface area contributed by atoms with Crippen molar-refractivity contribution < 1.29 is 9.53 Å². The molecular formula is C14H30N2O2. The molecule has 1 N–H and O–H groups in total. The van der Waals surface area contributed by atoms with Gasteiger partial charge in [0.05, 0.1) is 6.61 Å². The smallest absolute Gasteiger partial charge is 0.326 e. The van der Waals surface area contributed by atoms with E-state index in [0.717, 1.165) is 38.8 Å². The molecule has 0 aliphatic rings. The van der Waals surface area contributed by atoms with E-state index in [-0.39, 0.29) is 5.97 Å². The largest absolute Gasteiger partial charge is 0.465 e. The third kappa shape index (κ3) is 6.97. The number of nitrogens with one attached hydrogen (secondary N) is 1. The Morgan fingerprint density at radius 1 is 1.28 bits per heavy atom. The van der Waals surface area contributed by atoms with Crippen molar-refractivity contribution in [2.45, 2.75) is 52.0 Å². The third-order valence-corrected chi connectivity index (χ3v) is 3.08. The second-order valence-electron chi connectivity index (χ2n) is 5.24. The fourth-order valence-corrected chi connectivity index (χ4v) is 1.84. The molecule has 0 bridgehead atoms. The highest BCUT2D eigenvalue weighted by molar-refractivity contribution is 5.80. The van der Waals surface area contributed by atoms with Crippen LogP contribution in [-0.2, 0) is 9.53 Å². The van der Waals surface area contributed by atoms with Crippen molar-refractivity contribution in [1.29, 1.82) is 0 Å². The molecule has 0 saturated heterocycles. The van der Waals surface area contributed by atoms with Crippen LogP contribution in [0.2, 0.25) is 0 Å². The van der Waals surface area contributed by atoms with Crippen LogP contribution in [0, 0.1) is 0 Å². The number of ether oxygens (including phenoxy) is 1. The lowest BCUT2D eigenvalue weighted by Gasteiger charge is -2.29. The Hall–Kier alpha value is -0.610. The third-order valence-electron chi connectivity index (χ3n) is 3.08. The number of unbranched alkanes of at least 4 members (excludes halogenated alkanes) is 2. The molecule has 0 fully saturated rings. The Labute approximate surface area is 112 Å². The normalized spacial score (nSPS) is 14.6. The predicted molar refractivity (Wildman–Crippen MR) is 75.7 cm³/mol. The standard InChI is InChI=1S/C14H30N2O2/c1-6-8-9-10-14(3,13(17)18-7-2)15-11-12-16(4)5/h15H,6-12H2,1-5H3. The van der Waals surface area contributed by atoms with Crippen LogP contribution in [0.5, 0.6) is 0 Å². The molecule has 0 aliphatic heterocycles. The molecule has 0 aromatic rings. The number of esters is 1. The number of rotatable bonds is 10. The van der Waals surface area contributed by atoms with Crippen molar-refractivity contribution in [1.82, 2.24) is 10.2 Å². The second-order valence-corrected chi connectivity index (χ2v) is 5.24. The summed E-state index contributed by atoms with van der Waals surface area (Å²) in [4.78, 5) is 14.1. The lowest BCUT2D eigenvalue weighted by Crippen LogP contribution is -2.52. The van der Waals surface area contributed by atoms with Crippen LogP contribution in [0.25, 0.3) is 0 Å². The molecule has 1 unspecified atom stereocenters. The molecule has 18 heavy (non-hydrogen) atoms. The fourth-order valence-electron chi connectivity index (χ4n) is 1.84. The molecule has 0 heterocycles. The van der Waals surface area contributed by atoms with Crippen molar-refractivity contribution in [3.63, 3.8) is 0 Å². The van der Waals surface area contributed by atoms with Crippen LogP contribution in [0.4, 0.5) is 0 Å². The zero-order valence-corrected chi connectivity index (χ0v) is 12.7. The first-order valence-corrected chi connectivity index (χ1v) is 7.03. The van der Waals surface area contributed by atoms with E-state index >= 15 is 0 Å². The summed E-state index contributed by atoms with van der Waals surface area (Å²) in [5.74, 6) is -0.125. The van der Waals surface area contributed by atoms with Crippen LogP contribution in [0.1, 0.15) is 46.5 Å². The lowest BCUT2D eigenvalue weighted by molar-refractivity contribution is -0.150. The maximum atomic E-state index is 12.0. The zero-order chi connectivity index (χ0) is 14.0. The molecule has 0 spiro atoms. The van der Waals surface area contributed by atoms with Gasteiger partial charge < -0.3 is 15.0 Å². The van der Waals surface area contributed by atoms with Crippen molar-refractivity contribution in [3.8, 4) is 0 Å². The van der Waals surface area contributed by atoms with E-state index in [4.69, 9.17) is 4.74 Å². The summed E-state index contributed by atoms with van der Waals surface area (Å²) < 4.78 is 5.18. The number of nitrogens with zero attached hydrogens (tertiary/aromatic N) is 1. The molecule has 4 heteroatoms. The van der Waals surface area contributed by atoms with Gasteiger partial charge in [0, 0.05) is 13.1 Å². The minimum Gasteiger partial charge on any atom is -0.465 e. The minimum absolute atomic E-state index is 0.125. The summed E-state index contributed by atoms with van der Waals surface area (Å²) in [7, 11) is 4.06. The SMILES string of the molecule is CCCCCC(C)(NCCN(C)C)C(=O)OCC. The first-order chi connectivity index (χ1) is 8.46. The summed E-state index contributed by atoms with van der Waals surface area (Å²) in [5.41, 5.74) is -0.540. The number of carbonyl (C=O) groups excluding carboxylic acids is 1. The Balaban J connectivity index is 4.33. The summed E-state index contributed by atoms with van der Waals surface area (Å²) >= 11 is 0. The maximum absolute atomic E-state index is 12.0. The van der Waals surface area contributed by atoms with Crippen molar-refractivity contribution in [2.24, 2.45) is 0 Å². The summed E-state index contributed by atoms with van der Waals surface area (Å²) in [6.07, 6.45) is 4.22. The van der Waals surface area contributed by atoms with Crippen LogP contribution in [0.15, 0.2) is 0 Å². The van der Waals surface area contributed by atoms with E-state index < -0.39 is 5.54 Å². The molecule has 0 rings (SSSR count). The van der Waals surface area contributed by atoms with Crippen molar-refractivity contribution >= 4 is 5.97 Å².